The average Bonchev–Trinajstić information content (AvgIpc) is 2.67. The van der Waals surface area contributed by atoms with E-state index in [1.165, 1.54) is 21.3 Å². The number of ether oxygens (including phenoxy) is 1. The zero-order valence-corrected chi connectivity index (χ0v) is 16.1. The Labute approximate surface area is 155 Å². The summed E-state index contributed by atoms with van der Waals surface area (Å²) in [7, 11) is -1.81. The Kier molecular flexibility index (Phi) is 6.76. The van der Waals surface area contributed by atoms with Crippen LogP contribution < -0.4 is 9.64 Å². The molecule has 0 radical (unpaired) electrons. The molecule has 0 aromatic heterocycles. The number of rotatable bonds is 8. The number of para-hydroxylation sites is 1. The van der Waals surface area contributed by atoms with E-state index in [1.54, 1.807) is 33.0 Å². The van der Waals surface area contributed by atoms with Gasteiger partial charge in [-0.05, 0) is 36.4 Å². The molecule has 2 rings (SSSR count). The number of anilines is 1. The smallest absolute Gasteiger partial charge is 0.264 e. The standard InChI is InChI=1S/C19H24N2O4S/c1-4-21(5-2)26(23,24)18-13-11-17(12-14-18)25-15-19(22)20(3)16-9-7-6-8-10-16/h6-14H,4-5,15H2,1-3H3. The number of hydrogen-bond donors (Lipinski definition) is 0. The van der Waals surface area contributed by atoms with Crippen molar-refractivity contribution in [2.45, 2.75) is 18.7 Å². The van der Waals surface area contributed by atoms with Gasteiger partial charge < -0.3 is 9.64 Å². The molecule has 6 nitrogen and oxygen atoms in total. The minimum Gasteiger partial charge on any atom is -0.484 e. The van der Waals surface area contributed by atoms with Gasteiger partial charge in [0, 0.05) is 25.8 Å². The molecule has 0 atom stereocenters. The summed E-state index contributed by atoms with van der Waals surface area (Å²) in [4.78, 5) is 13.9. The SMILES string of the molecule is CCN(CC)S(=O)(=O)c1ccc(OCC(=O)N(C)c2ccccc2)cc1. The van der Waals surface area contributed by atoms with Crippen LogP contribution in [0.5, 0.6) is 5.75 Å². The summed E-state index contributed by atoms with van der Waals surface area (Å²) >= 11 is 0. The summed E-state index contributed by atoms with van der Waals surface area (Å²) in [5, 5.41) is 0. The van der Waals surface area contributed by atoms with Crippen LogP contribution in [0.4, 0.5) is 5.69 Å². The van der Waals surface area contributed by atoms with Gasteiger partial charge in [-0.15, -0.1) is 0 Å². The van der Waals surface area contributed by atoms with Gasteiger partial charge in [0.05, 0.1) is 4.90 Å². The number of carbonyl (C=O) groups excluding carboxylic acids is 1. The number of sulfonamides is 1. The molecule has 0 aliphatic heterocycles. The number of likely N-dealkylation sites (N-methyl/N-ethyl adjacent to an activating group) is 1. The van der Waals surface area contributed by atoms with Crippen LogP contribution in [0.15, 0.2) is 59.5 Å². The summed E-state index contributed by atoms with van der Waals surface area (Å²) in [6.45, 7) is 4.29. The van der Waals surface area contributed by atoms with Crippen molar-refractivity contribution >= 4 is 21.6 Å². The third kappa shape index (κ3) is 4.62. The molecular weight excluding hydrogens is 352 g/mol. The molecule has 26 heavy (non-hydrogen) atoms. The predicted octanol–water partition coefficient (Wildman–Crippen LogP) is 2.76. The highest BCUT2D eigenvalue weighted by Gasteiger charge is 2.21. The summed E-state index contributed by atoms with van der Waals surface area (Å²) in [6, 6.07) is 15.4. The summed E-state index contributed by atoms with van der Waals surface area (Å²) < 4.78 is 31.8. The van der Waals surface area contributed by atoms with E-state index >= 15 is 0 Å². The van der Waals surface area contributed by atoms with E-state index in [2.05, 4.69) is 0 Å². The second-order valence-corrected chi connectivity index (χ2v) is 7.58. The van der Waals surface area contributed by atoms with Crippen LogP contribution >= 0.6 is 0 Å². The van der Waals surface area contributed by atoms with Gasteiger partial charge >= 0.3 is 0 Å². The van der Waals surface area contributed by atoms with E-state index in [4.69, 9.17) is 4.74 Å². The van der Waals surface area contributed by atoms with Crippen molar-refractivity contribution in [2.75, 3.05) is 31.6 Å². The molecule has 0 aliphatic rings. The number of amides is 1. The molecule has 0 saturated heterocycles. The molecule has 0 N–H and O–H groups in total. The summed E-state index contributed by atoms with van der Waals surface area (Å²) in [6.07, 6.45) is 0. The van der Waals surface area contributed by atoms with Gasteiger partial charge in [0.2, 0.25) is 10.0 Å². The molecule has 2 aromatic carbocycles. The highest BCUT2D eigenvalue weighted by atomic mass is 32.2. The maximum atomic E-state index is 12.4. The lowest BCUT2D eigenvalue weighted by molar-refractivity contribution is -0.120. The lowest BCUT2D eigenvalue weighted by Gasteiger charge is -2.19. The normalized spacial score (nSPS) is 11.4. The second-order valence-electron chi connectivity index (χ2n) is 5.64. The maximum absolute atomic E-state index is 12.4. The van der Waals surface area contributed by atoms with E-state index in [-0.39, 0.29) is 17.4 Å². The monoisotopic (exact) mass is 376 g/mol. The minimum atomic E-state index is -3.50. The average molecular weight is 376 g/mol. The number of hydrogen-bond acceptors (Lipinski definition) is 4. The van der Waals surface area contributed by atoms with Gasteiger partial charge in [-0.25, -0.2) is 8.42 Å². The van der Waals surface area contributed by atoms with Crippen molar-refractivity contribution in [3.63, 3.8) is 0 Å². The van der Waals surface area contributed by atoms with E-state index in [9.17, 15) is 13.2 Å². The molecule has 2 aromatic rings. The van der Waals surface area contributed by atoms with Gasteiger partial charge in [0.1, 0.15) is 5.75 Å². The maximum Gasteiger partial charge on any atom is 0.264 e. The minimum absolute atomic E-state index is 0.131. The first kappa shape index (κ1) is 19.9. The number of benzene rings is 2. The highest BCUT2D eigenvalue weighted by molar-refractivity contribution is 7.89. The van der Waals surface area contributed by atoms with Gasteiger partial charge in [-0.2, -0.15) is 4.31 Å². The molecule has 0 heterocycles. The molecule has 7 heteroatoms. The molecule has 0 fully saturated rings. The van der Waals surface area contributed by atoms with Gasteiger partial charge in [0.15, 0.2) is 6.61 Å². The Hall–Kier alpha value is -2.38. The van der Waals surface area contributed by atoms with Gasteiger partial charge in [-0.1, -0.05) is 32.0 Å². The molecule has 140 valence electrons. The number of carbonyl (C=O) groups is 1. The third-order valence-corrected chi connectivity index (χ3v) is 6.11. The molecule has 1 amide bonds. The van der Waals surface area contributed by atoms with Crippen LogP contribution in [-0.2, 0) is 14.8 Å². The molecular formula is C19H24N2O4S. The van der Waals surface area contributed by atoms with Crippen LogP contribution in [0, 0.1) is 0 Å². The van der Waals surface area contributed by atoms with Crippen molar-refractivity contribution in [2.24, 2.45) is 0 Å². The van der Waals surface area contributed by atoms with Crippen LogP contribution in [-0.4, -0.2) is 45.4 Å². The van der Waals surface area contributed by atoms with E-state index in [0.717, 1.165) is 5.69 Å². The Morgan fingerprint density at radius 3 is 2.08 bits per heavy atom. The molecule has 0 unspecified atom stereocenters. The first-order valence-corrected chi connectivity index (χ1v) is 9.88. The molecule has 0 saturated carbocycles. The Bertz CT molecular complexity index is 816. The van der Waals surface area contributed by atoms with Crippen molar-refractivity contribution in [1.29, 1.82) is 0 Å². The van der Waals surface area contributed by atoms with Crippen molar-refractivity contribution in [3.8, 4) is 5.75 Å². The molecule has 0 bridgehead atoms. The van der Waals surface area contributed by atoms with Crippen molar-refractivity contribution < 1.29 is 17.9 Å². The zero-order chi connectivity index (χ0) is 19.2. The van der Waals surface area contributed by atoms with Gasteiger partial charge in [-0.3, -0.25) is 4.79 Å². The Morgan fingerprint density at radius 2 is 1.54 bits per heavy atom. The second kappa shape index (κ2) is 8.82. The zero-order valence-electron chi connectivity index (χ0n) is 15.3. The lowest BCUT2D eigenvalue weighted by Crippen LogP contribution is -2.31. The van der Waals surface area contributed by atoms with Crippen LogP contribution in [0.3, 0.4) is 0 Å². The fraction of sp³-hybridized carbons (Fsp3) is 0.316. The highest BCUT2D eigenvalue weighted by Crippen LogP contribution is 2.20. The van der Waals surface area contributed by atoms with Crippen LogP contribution in [0.25, 0.3) is 0 Å². The van der Waals surface area contributed by atoms with Crippen LogP contribution in [0.1, 0.15) is 13.8 Å². The Balaban J connectivity index is 2.00. The quantitative estimate of drug-likeness (QED) is 0.710. The molecule has 0 aliphatic carbocycles. The topological polar surface area (TPSA) is 66.9 Å². The third-order valence-electron chi connectivity index (χ3n) is 4.05. The Morgan fingerprint density at radius 1 is 0.962 bits per heavy atom. The van der Waals surface area contributed by atoms with E-state index < -0.39 is 10.0 Å². The number of nitrogens with zero attached hydrogens (tertiary/aromatic N) is 2. The van der Waals surface area contributed by atoms with Crippen molar-refractivity contribution in [3.05, 3.63) is 54.6 Å². The summed E-state index contributed by atoms with van der Waals surface area (Å²) in [5.74, 6) is 0.245. The fourth-order valence-electron chi connectivity index (χ4n) is 2.46. The fourth-order valence-corrected chi connectivity index (χ4v) is 3.92. The first-order valence-electron chi connectivity index (χ1n) is 8.44. The molecule has 0 spiro atoms. The van der Waals surface area contributed by atoms with E-state index in [0.29, 0.717) is 18.8 Å². The van der Waals surface area contributed by atoms with Gasteiger partial charge in [0.25, 0.3) is 5.91 Å². The lowest BCUT2D eigenvalue weighted by atomic mass is 10.3. The van der Waals surface area contributed by atoms with Crippen molar-refractivity contribution in [1.82, 2.24) is 4.31 Å². The predicted molar refractivity (Wildman–Crippen MR) is 102 cm³/mol. The summed E-state index contributed by atoms with van der Waals surface area (Å²) in [5.41, 5.74) is 0.779. The first-order chi connectivity index (χ1) is 12.4. The van der Waals surface area contributed by atoms with Crippen LogP contribution in [0.2, 0.25) is 0 Å². The largest absolute Gasteiger partial charge is 0.484 e. The van der Waals surface area contributed by atoms with E-state index in [1.807, 2.05) is 30.3 Å².